The van der Waals surface area contributed by atoms with Gasteiger partial charge in [0.05, 0.1) is 13.2 Å². The summed E-state index contributed by atoms with van der Waals surface area (Å²) >= 11 is 1.85. The van der Waals surface area contributed by atoms with Crippen molar-refractivity contribution < 1.29 is 9.84 Å². The summed E-state index contributed by atoms with van der Waals surface area (Å²) in [6.07, 6.45) is 2.73. The average Bonchev–Trinajstić information content (AvgIpc) is 2.98. The van der Waals surface area contributed by atoms with Crippen LogP contribution in [0.3, 0.4) is 0 Å². The molecule has 0 radical (unpaired) electrons. The van der Waals surface area contributed by atoms with Crippen molar-refractivity contribution in [2.24, 2.45) is 10.4 Å². The molecule has 3 N–H and O–H groups in total. The lowest BCUT2D eigenvalue weighted by Gasteiger charge is -2.34. The number of nitrogens with one attached hydrogen (secondary N) is 2. The zero-order chi connectivity index (χ0) is 17.4. The Morgan fingerprint density at radius 2 is 2.12 bits per heavy atom. The molecule has 7 heteroatoms. The van der Waals surface area contributed by atoms with E-state index in [1.807, 2.05) is 11.3 Å². The molecule has 1 aliphatic heterocycles. The number of hydrogen-bond acceptors (Lipinski definition) is 4. The molecule has 1 unspecified atom stereocenters. The van der Waals surface area contributed by atoms with Crippen LogP contribution in [-0.2, 0) is 11.2 Å². The summed E-state index contributed by atoms with van der Waals surface area (Å²) in [5.74, 6) is 0.831. The first-order valence-electron chi connectivity index (χ1n) is 8.86. The summed E-state index contributed by atoms with van der Waals surface area (Å²) in [7, 11) is 0. The molecule has 1 aromatic rings. The van der Waals surface area contributed by atoms with Gasteiger partial charge >= 0.3 is 0 Å². The molecule has 1 aliphatic rings. The molecule has 2 heterocycles. The number of ether oxygens (including phenoxy) is 1. The van der Waals surface area contributed by atoms with Crippen LogP contribution in [0, 0.1) is 12.3 Å². The van der Waals surface area contributed by atoms with E-state index in [2.05, 4.69) is 43.5 Å². The predicted molar refractivity (Wildman–Crippen MR) is 116 cm³/mol. The molecule has 0 aliphatic carbocycles. The first-order valence-corrected chi connectivity index (χ1v) is 9.67. The van der Waals surface area contributed by atoms with Gasteiger partial charge in [-0.2, -0.15) is 0 Å². The molecule has 2 rings (SSSR count). The summed E-state index contributed by atoms with van der Waals surface area (Å²) < 4.78 is 5.42. The van der Waals surface area contributed by atoms with Crippen molar-refractivity contribution >= 4 is 41.3 Å². The topological polar surface area (TPSA) is 65.9 Å². The van der Waals surface area contributed by atoms with Crippen LogP contribution >= 0.6 is 35.3 Å². The number of hydrogen-bond donors (Lipinski definition) is 3. The van der Waals surface area contributed by atoms with Crippen LogP contribution in [0.15, 0.2) is 17.1 Å². The first-order chi connectivity index (χ1) is 11.6. The van der Waals surface area contributed by atoms with E-state index in [1.54, 1.807) is 0 Å². The second-order valence-electron chi connectivity index (χ2n) is 6.73. The number of thiophene rings is 1. The second kappa shape index (κ2) is 11.4. The van der Waals surface area contributed by atoms with Gasteiger partial charge in [0.1, 0.15) is 0 Å². The van der Waals surface area contributed by atoms with Crippen molar-refractivity contribution in [3.8, 4) is 0 Å². The zero-order valence-electron chi connectivity index (χ0n) is 15.5. The molecule has 1 fully saturated rings. The largest absolute Gasteiger partial charge is 0.396 e. The molecule has 0 bridgehead atoms. The van der Waals surface area contributed by atoms with Crippen LogP contribution in [0.25, 0.3) is 0 Å². The standard InChI is InChI=1S/C18H31N3O2S.HI/c1-4-19-17(20-12-18(13-22)7-9-23-10-8-18)21-14(2)11-16-6-5-15(3)24-16;/h5-6,14,22H,4,7-13H2,1-3H3,(H2,19,20,21);1H. The van der Waals surface area contributed by atoms with Crippen molar-refractivity contribution in [2.75, 3.05) is 32.9 Å². The van der Waals surface area contributed by atoms with Gasteiger partial charge < -0.3 is 20.5 Å². The Balaban J connectivity index is 0.00000312. The highest BCUT2D eigenvalue weighted by Crippen LogP contribution is 2.30. The number of halogens is 1. The second-order valence-corrected chi connectivity index (χ2v) is 8.10. The molecule has 144 valence electrons. The Morgan fingerprint density at radius 1 is 1.40 bits per heavy atom. The SMILES string of the molecule is CCNC(=NCC1(CO)CCOCC1)NC(C)Cc1ccc(C)s1.I. The molecule has 0 amide bonds. The molecule has 1 saturated heterocycles. The Hall–Kier alpha value is -0.380. The summed E-state index contributed by atoms with van der Waals surface area (Å²) in [5.41, 5.74) is -0.130. The van der Waals surface area contributed by atoms with E-state index >= 15 is 0 Å². The Bertz CT molecular complexity index is 530. The highest BCUT2D eigenvalue weighted by Gasteiger charge is 2.31. The third-order valence-corrected chi connectivity index (χ3v) is 5.52. The summed E-state index contributed by atoms with van der Waals surface area (Å²) in [6.45, 7) is 9.45. The van der Waals surface area contributed by atoms with E-state index in [-0.39, 0.29) is 36.0 Å². The highest BCUT2D eigenvalue weighted by molar-refractivity contribution is 14.0. The number of aliphatic hydroxyl groups is 1. The third kappa shape index (κ3) is 7.40. The molecule has 0 saturated carbocycles. The quantitative estimate of drug-likeness (QED) is 0.318. The van der Waals surface area contributed by atoms with E-state index < -0.39 is 0 Å². The lowest BCUT2D eigenvalue weighted by molar-refractivity contribution is -0.0106. The van der Waals surface area contributed by atoms with Crippen molar-refractivity contribution in [3.63, 3.8) is 0 Å². The summed E-state index contributed by atoms with van der Waals surface area (Å²) in [4.78, 5) is 7.49. The predicted octanol–water partition coefficient (Wildman–Crippen LogP) is 2.95. The van der Waals surface area contributed by atoms with Crippen LogP contribution < -0.4 is 10.6 Å². The maximum absolute atomic E-state index is 9.80. The molecular weight excluding hydrogens is 449 g/mol. The van der Waals surface area contributed by atoms with Gasteiger partial charge in [-0.25, -0.2) is 0 Å². The van der Waals surface area contributed by atoms with E-state index in [4.69, 9.17) is 9.73 Å². The lowest BCUT2D eigenvalue weighted by atomic mass is 9.81. The molecule has 5 nitrogen and oxygen atoms in total. The smallest absolute Gasteiger partial charge is 0.191 e. The first kappa shape index (κ1) is 22.7. The van der Waals surface area contributed by atoms with Crippen molar-refractivity contribution in [1.82, 2.24) is 10.6 Å². The number of guanidine groups is 1. The summed E-state index contributed by atoms with van der Waals surface area (Å²) in [5, 5.41) is 16.6. The van der Waals surface area contributed by atoms with E-state index in [9.17, 15) is 5.11 Å². The van der Waals surface area contributed by atoms with Gasteiger partial charge in [0.25, 0.3) is 0 Å². The van der Waals surface area contributed by atoms with Gasteiger partial charge in [-0.3, -0.25) is 4.99 Å². The normalized spacial score (nSPS) is 18.3. The fourth-order valence-electron chi connectivity index (χ4n) is 2.92. The van der Waals surface area contributed by atoms with E-state index in [1.165, 1.54) is 9.75 Å². The fraction of sp³-hybridized carbons (Fsp3) is 0.722. The minimum Gasteiger partial charge on any atom is -0.396 e. The molecule has 0 spiro atoms. The van der Waals surface area contributed by atoms with Crippen LogP contribution in [0.4, 0.5) is 0 Å². The highest BCUT2D eigenvalue weighted by atomic mass is 127. The minimum absolute atomic E-state index is 0. The van der Waals surface area contributed by atoms with Crippen LogP contribution in [0.1, 0.15) is 36.4 Å². The van der Waals surface area contributed by atoms with Crippen molar-refractivity contribution in [2.45, 2.75) is 46.1 Å². The van der Waals surface area contributed by atoms with Gasteiger partial charge in [0.15, 0.2) is 5.96 Å². The van der Waals surface area contributed by atoms with Crippen LogP contribution in [-0.4, -0.2) is 50.0 Å². The van der Waals surface area contributed by atoms with E-state index in [0.29, 0.717) is 25.8 Å². The maximum Gasteiger partial charge on any atom is 0.191 e. The molecule has 1 atom stereocenters. The van der Waals surface area contributed by atoms with Gasteiger partial charge in [-0.1, -0.05) is 0 Å². The molecule has 0 aromatic carbocycles. The molecular formula is C18H32IN3O2S. The fourth-order valence-corrected chi connectivity index (χ4v) is 3.94. The van der Waals surface area contributed by atoms with Gasteiger partial charge in [0, 0.05) is 47.4 Å². The van der Waals surface area contributed by atoms with Gasteiger partial charge in [-0.05, 0) is 45.7 Å². The van der Waals surface area contributed by atoms with E-state index in [0.717, 1.165) is 31.8 Å². The monoisotopic (exact) mass is 481 g/mol. The number of rotatable bonds is 7. The summed E-state index contributed by atoms with van der Waals surface area (Å²) in [6, 6.07) is 4.67. The van der Waals surface area contributed by atoms with Crippen LogP contribution in [0.5, 0.6) is 0 Å². The Labute approximate surface area is 172 Å². The van der Waals surface area contributed by atoms with Crippen molar-refractivity contribution in [1.29, 1.82) is 0 Å². The van der Waals surface area contributed by atoms with Gasteiger partial charge in [0.2, 0.25) is 0 Å². The number of aliphatic hydroxyl groups excluding tert-OH is 1. The third-order valence-electron chi connectivity index (χ3n) is 4.49. The van der Waals surface area contributed by atoms with Crippen LogP contribution in [0.2, 0.25) is 0 Å². The van der Waals surface area contributed by atoms with Gasteiger partial charge in [-0.15, -0.1) is 35.3 Å². The zero-order valence-corrected chi connectivity index (χ0v) is 18.7. The lowest BCUT2D eigenvalue weighted by Crippen LogP contribution is -2.44. The Kier molecular flexibility index (Phi) is 10.3. The minimum atomic E-state index is -0.130. The number of nitrogens with zero attached hydrogens (tertiary/aromatic N) is 1. The number of aliphatic imine (C=N–C) groups is 1. The maximum atomic E-state index is 9.80. The number of aryl methyl sites for hydroxylation is 1. The molecule has 25 heavy (non-hydrogen) atoms. The average molecular weight is 481 g/mol. The van der Waals surface area contributed by atoms with Crippen molar-refractivity contribution in [3.05, 3.63) is 21.9 Å². The molecule has 1 aromatic heterocycles. The Morgan fingerprint density at radius 3 is 2.68 bits per heavy atom.